The van der Waals surface area contributed by atoms with E-state index in [0.29, 0.717) is 18.0 Å². The zero-order valence-corrected chi connectivity index (χ0v) is 12.2. The molecule has 3 rings (SSSR count). The molecule has 5 nitrogen and oxygen atoms in total. The van der Waals surface area contributed by atoms with E-state index in [1.165, 1.54) is 0 Å². The molecular weight excluding hydrogens is 266 g/mol. The number of hydrogen-bond donors (Lipinski definition) is 1. The normalized spacial score (nSPS) is 22.3. The minimum absolute atomic E-state index is 0.0921. The SMILES string of the molecule is CC1NCCN(C(=O)c2cc(-c3ccccc3)no2)C1C. The van der Waals surface area contributed by atoms with Crippen molar-refractivity contribution in [2.75, 3.05) is 13.1 Å². The lowest BCUT2D eigenvalue weighted by molar-refractivity contribution is 0.0561. The summed E-state index contributed by atoms with van der Waals surface area (Å²) in [6.45, 7) is 5.62. The van der Waals surface area contributed by atoms with Crippen molar-refractivity contribution < 1.29 is 9.32 Å². The van der Waals surface area contributed by atoms with Gasteiger partial charge < -0.3 is 14.7 Å². The molecule has 0 radical (unpaired) electrons. The van der Waals surface area contributed by atoms with E-state index in [-0.39, 0.29) is 18.0 Å². The van der Waals surface area contributed by atoms with Gasteiger partial charge in [-0.1, -0.05) is 35.5 Å². The van der Waals surface area contributed by atoms with Crippen LogP contribution in [0.15, 0.2) is 40.9 Å². The number of benzene rings is 1. The molecule has 2 atom stereocenters. The first-order valence-electron chi connectivity index (χ1n) is 7.23. The molecule has 21 heavy (non-hydrogen) atoms. The molecule has 0 spiro atoms. The lowest BCUT2D eigenvalue weighted by Gasteiger charge is -2.37. The fraction of sp³-hybridized carbons (Fsp3) is 0.375. The van der Waals surface area contributed by atoms with Crippen LogP contribution < -0.4 is 5.32 Å². The van der Waals surface area contributed by atoms with Crippen molar-refractivity contribution in [1.29, 1.82) is 0 Å². The standard InChI is InChI=1S/C16H19N3O2/c1-11-12(2)19(9-8-17-11)16(20)15-10-14(18-21-15)13-6-4-3-5-7-13/h3-7,10-12,17H,8-9H2,1-2H3. The number of carbonyl (C=O) groups is 1. The van der Waals surface area contributed by atoms with E-state index in [1.54, 1.807) is 6.07 Å². The molecule has 0 aliphatic carbocycles. The lowest BCUT2D eigenvalue weighted by Crippen LogP contribution is -2.57. The highest BCUT2D eigenvalue weighted by Gasteiger charge is 2.30. The minimum atomic E-state index is -0.0921. The van der Waals surface area contributed by atoms with Gasteiger partial charge in [0.1, 0.15) is 5.69 Å². The Balaban J connectivity index is 1.81. The number of aromatic nitrogens is 1. The Morgan fingerprint density at radius 3 is 2.86 bits per heavy atom. The van der Waals surface area contributed by atoms with Gasteiger partial charge in [-0.25, -0.2) is 0 Å². The molecule has 1 N–H and O–H groups in total. The van der Waals surface area contributed by atoms with Gasteiger partial charge in [-0.2, -0.15) is 0 Å². The molecule has 5 heteroatoms. The number of nitrogens with one attached hydrogen (secondary N) is 1. The summed E-state index contributed by atoms with van der Waals surface area (Å²) in [5, 5.41) is 7.37. The summed E-state index contributed by atoms with van der Waals surface area (Å²) in [5.74, 6) is 0.209. The summed E-state index contributed by atoms with van der Waals surface area (Å²) < 4.78 is 5.26. The van der Waals surface area contributed by atoms with Gasteiger partial charge in [0, 0.05) is 36.8 Å². The Hall–Kier alpha value is -2.14. The Morgan fingerprint density at radius 1 is 1.33 bits per heavy atom. The van der Waals surface area contributed by atoms with Crippen molar-refractivity contribution in [1.82, 2.24) is 15.4 Å². The Kier molecular flexibility index (Phi) is 3.75. The van der Waals surface area contributed by atoms with Crippen molar-refractivity contribution in [3.05, 3.63) is 42.2 Å². The van der Waals surface area contributed by atoms with Crippen LogP contribution in [0, 0.1) is 0 Å². The maximum absolute atomic E-state index is 12.6. The molecule has 2 aromatic rings. The zero-order chi connectivity index (χ0) is 14.8. The summed E-state index contributed by atoms with van der Waals surface area (Å²) in [4.78, 5) is 14.4. The monoisotopic (exact) mass is 285 g/mol. The second-order valence-electron chi connectivity index (χ2n) is 5.42. The van der Waals surface area contributed by atoms with Gasteiger partial charge >= 0.3 is 0 Å². The predicted octanol–water partition coefficient (Wildman–Crippen LogP) is 2.16. The maximum Gasteiger partial charge on any atom is 0.292 e. The third kappa shape index (κ3) is 2.69. The molecule has 1 aromatic heterocycles. The highest BCUT2D eigenvalue weighted by molar-refractivity contribution is 5.92. The van der Waals surface area contributed by atoms with Crippen molar-refractivity contribution >= 4 is 5.91 Å². The van der Waals surface area contributed by atoms with E-state index in [4.69, 9.17) is 4.52 Å². The largest absolute Gasteiger partial charge is 0.350 e. The summed E-state index contributed by atoms with van der Waals surface area (Å²) >= 11 is 0. The number of piperazine rings is 1. The Morgan fingerprint density at radius 2 is 2.10 bits per heavy atom. The van der Waals surface area contributed by atoms with Gasteiger partial charge in [0.15, 0.2) is 0 Å². The van der Waals surface area contributed by atoms with Crippen LogP contribution in [0.5, 0.6) is 0 Å². The van der Waals surface area contributed by atoms with Crippen molar-refractivity contribution in [2.24, 2.45) is 0 Å². The van der Waals surface area contributed by atoms with E-state index in [9.17, 15) is 4.79 Å². The lowest BCUT2D eigenvalue weighted by atomic mass is 10.1. The van der Waals surface area contributed by atoms with Crippen molar-refractivity contribution in [2.45, 2.75) is 25.9 Å². The number of hydrogen-bond acceptors (Lipinski definition) is 4. The number of nitrogens with zero attached hydrogens (tertiary/aromatic N) is 2. The summed E-state index contributed by atoms with van der Waals surface area (Å²) in [6, 6.07) is 11.8. The molecule has 1 fully saturated rings. The molecule has 110 valence electrons. The molecule has 1 aliphatic heterocycles. The van der Waals surface area contributed by atoms with Crippen LogP contribution in [0.1, 0.15) is 24.4 Å². The van der Waals surface area contributed by atoms with Crippen molar-refractivity contribution in [3.8, 4) is 11.3 Å². The van der Waals surface area contributed by atoms with E-state index in [0.717, 1.165) is 12.1 Å². The van der Waals surface area contributed by atoms with Crippen LogP contribution in [0.4, 0.5) is 0 Å². The Bertz CT molecular complexity index is 623. The number of rotatable bonds is 2. The quantitative estimate of drug-likeness (QED) is 0.918. The molecular formula is C16H19N3O2. The number of carbonyl (C=O) groups excluding carboxylic acids is 1. The first-order chi connectivity index (χ1) is 10.2. The summed E-state index contributed by atoms with van der Waals surface area (Å²) in [7, 11) is 0. The fourth-order valence-electron chi connectivity index (χ4n) is 2.61. The van der Waals surface area contributed by atoms with E-state index in [2.05, 4.69) is 17.4 Å². The molecule has 0 saturated carbocycles. The zero-order valence-electron chi connectivity index (χ0n) is 12.2. The van der Waals surface area contributed by atoms with E-state index >= 15 is 0 Å². The Labute approximate surface area is 123 Å². The molecule has 2 unspecified atom stereocenters. The first kappa shape index (κ1) is 13.8. The topological polar surface area (TPSA) is 58.4 Å². The van der Waals surface area contributed by atoms with Crippen LogP contribution >= 0.6 is 0 Å². The fourth-order valence-corrected chi connectivity index (χ4v) is 2.61. The van der Waals surface area contributed by atoms with E-state index < -0.39 is 0 Å². The molecule has 1 aromatic carbocycles. The summed E-state index contributed by atoms with van der Waals surface area (Å²) in [6.07, 6.45) is 0. The maximum atomic E-state index is 12.6. The number of amides is 1. The molecule has 1 saturated heterocycles. The van der Waals surface area contributed by atoms with E-state index in [1.807, 2.05) is 42.2 Å². The van der Waals surface area contributed by atoms with Crippen molar-refractivity contribution in [3.63, 3.8) is 0 Å². The van der Waals surface area contributed by atoms with Gasteiger partial charge in [-0.05, 0) is 13.8 Å². The first-order valence-corrected chi connectivity index (χ1v) is 7.23. The second kappa shape index (κ2) is 5.69. The second-order valence-corrected chi connectivity index (χ2v) is 5.42. The third-order valence-corrected chi connectivity index (χ3v) is 4.09. The predicted molar refractivity (Wildman–Crippen MR) is 79.9 cm³/mol. The average molecular weight is 285 g/mol. The highest BCUT2D eigenvalue weighted by atomic mass is 16.5. The van der Waals surface area contributed by atoms with Gasteiger partial charge in [0.2, 0.25) is 5.76 Å². The van der Waals surface area contributed by atoms with Crippen LogP contribution in [0.2, 0.25) is 0 Å². The van der Waals surface area contributed by atoms with Crippen LogP contribution in [0.25, 0.3) is 11.3 Å². The van der Waals surface area contributed by atoms with Gasteiger partial charge in [-0.15, -0.1) is 0 Å². The summed E-state index contributed by atoms with van der Waals surface area (Å²) in [5.41, 5.74) is 1.64. The molecule has 2 heterocycles. The van der Waals surface area contributed by atoms with Gasteiger partial charge in [0.05, 0.1) is 0 Å². The smallest absolute Gasteiger partial charge is 0.292 e. The molecule has 1 amide bonds. The van der Waals surface area contributed by atoms with Crippen LogP contribution in [0.3, 0.4) is 0 Å². The van der Waals surface area contributed by atoms with Crippen LogP contribution in [-0.2, 0) is 0 Å². The third-order valence-electron chi connectivity index (χ3n) is 4.09. The average Bonchev–Trinajstić information content (AvgIpc) is 3.00. The molecule has 0 bridgehead atoms. The molecule has 1 aliphatic rings. The van der Waals surface area contributed by atoms with Gasteiger partial charge in [0.25, 0.3) is 5.91 Å². The minimum Gasteiger partial charge on any atom is -0.350 e. The highest BCUT2D eigenvalue weighted by Crippen LogP contribution is 2.21. The van der Waals surface area contributed by atoms with Gasteiger partial charge in [-0.3, -0.25) is 4.79 Å². The van der Waals surface area contributed by atoms with Crippen LogP contribution in [-0.4, -0.2) is 41.1 Å².